The summed E-state index contributed by atoms with van der Waals surface area (Å²) in [7, 11) is 0. The maximum Gasteiger partial charge on any atom is 0.0170 e. The van der Waals surface area contributed by atoms with Crippen molar-refractivity contribution in [1.82, 2.24) is 4.90 Å². The Hall–Kier alpha value is -0.0800. The topological polar surface area (TPSA) is 29.3 Å². The highest BCUT2D eigenvalue weighted by Gasteiger charge is 2.33. The van der Waals surface area contributed by atoms with Gasteiger partial charge in [0, 0.05) is 18.6 Å². The Morgan fingerprint density at radius 3 is 2.47 bits per heavy atom. The van der Waals surface area contributed by atoms with Crippen molar-refractivity contribution in [2.45, 2.75) is 70.9 Å². The van der Waals surface area contributed by atoms with Crippen LogP contribution in [0.5, 0.6) is 0 Å². The molecule has 100 valence electrons. The Balaban J connectivity index is 1.82. The van der Waals surface area contributed by atoms with Gasteiger partial charge in [0.1, 0.15) is 0 Å². The first-order valence-electron chi connectivity index (χ1n) is 7.66. The smallest absolute Gasteiger partial charge is 0.0170 e. The van der Waals surface area contributed by atoms with Gasteiger partial charge in [-0.2, -0.15) is 0 Å². The molecule has 0 aromatic carbocycles. The summed E-state index contributed by atoms with van der Waals surface area (Å²) in [6, 6.07) is 1.26. The van der Waals surface area contributed by atoms with E-state index in [9.17, 15) is 0 Å². The molecule has 2 atom stereocenters. The molecule has 0 radical (unpaired) electrons. The second-order valence-electron chi connectivity index (χ2n) is 6.64. The lowest BCUT2D eigenvalue weighted by Gasteiger charge is -2.31. The third-order valence-electron chi connectivity index (χ3n) is 4.60. The highest BCUT2D eigenvalue weighted by Crippen LogP contribution is 2.35. The maximum atomic E-state index is 6.27. The molecule has 1 aliphatic heterocycles. The number of rotatable bonds is 5. The van der Waals surface area contributed by atoms with Gasteiger partial charge in [-0.25, -0.2) is 0 Å². The quantitative estimate of drug-likeness (QED) is 0.798. The van der Waals surface area contributed by atoms with Crippen LogP contribution in [0.4, 0.5) is 0 Å². The van der Waals surface area contributed by atoms with E-state index < -0.39 is 0 Å². The van der Waals surface area contributed by atoms with Crippen LogP contribution in [0.2, 0.25) is 0 Å². The third kappa shape index (κ3) is 3.69. The standard InChI is InChI=1S/C15H30N2/c1-12(2)10-14(16)11-17-9-5-8-15(17)13-6-3-4-7-13/h12-15H,3-11,16H2,1-2H3/t14-,15?/m1/s1. The van der Waals surface area contributed by atoms with E-state index in [1.807, 2.05) is 0 Å². The fourth-order valence-corrected chi connectivity index (χ4v) is 3.94. The molecule has 0 spiro atoms. The number of likely N-dealkylation sites (tertiary alicyclic amines) is 1. The zero-order chi connectivity index (χ0) is 12.3. The van der Waals surface area contributed by atoms with Crippen molar-refractivity contribution in [3.63, 3.8) is 0 Å². The van der Waals surface area contributed by atoms with E-state index >= 15 is 0 Å². The molecule has 17 heavy (non-hydrogen) atoms. The lowest BCUT2D eigenvalue weighted by molar-refractivity contribution is 0.175. The molecule has 0 amide bonds. The summed E-state index contributed by atoms with van der Waals surface area (Å²) in [5.41, 5.74) is 6.27. The minimum atomic E-state index is 0.386. The summed E-state index contributed by atoms with van der Waals surface area (Å²) in [5, 5.41) is 0. The second kappa shape index (κ2) is 6.19. The Kier molecular flexibility index (Phi) is 4.87. The monoisotopic (exact) mass is 238 g/mol. The molecule has 1 aliphatic carbocycles. The van der Waals surface area contributed by atoms with Crippen LogP contribution in [0.25, 0.3) is 0 Å². The molecule has 1 unspecified atom stereocenters. The van der Waals surface area contributed by atoms with Gasteiger partial charge in [-0.3, -0.25) is 4.90 Å². The highest BCUT2D eigenvalue weighted by atomic mass is 15.2. The van der Waals surface area contributed by atoms with Crippen LogP contribution in [0.15, 0.2) is 0 Å². The van der Waals surface area contributed by atoms with Gasteiger partial charge in [-0.1, -0.05) is 26.7 Å². The predicted octanol–water partition coefficient (Wildman–Crippen LogP) is 3.01. The van der Waals surface area contributed by atoms with Crippen molar-refractivity contribution in [3.8, 4) is 0 Å². The summed E-state index contributed by atoms with van der Waals surface area (Å²) in [6.45, 7) is 6.99. The first-order valence-corrected chi connectivity index (χ1v) is 7.66. The summed E-state index contributed by atoms with van der Waals surface area (Å²) in [5.74, 6) is 1.72. The van der Waals surface area contributed by atoms with Gasteiger partial charge in [0.2, 0.25) is 0 Å². The zero-order valence-corrected chi connectivity index (χ0v) is 11.7. The number of hydrogen-bond donors (Lipinski definition) is 1. The summed E-state index contributed by atoms with van der Waals surface area (Å²) in [6.07, 6.45) is 9.88. The largest absolute Gasteiger partial charge is 0.327 e. The van der Waals surface area contributed by atoms with Crippen LogP contribution in [-0.2, 0) is 0 Å². The van der Waals surface area contributed by atoms with Crippen molar-refractivity contribution in [2.75, 3.05) is 13.1 Å². The second-order valence-corrected chi connectivity index (χ2v) is 6.64. The summed E-state index contributed by atoms with van der Waals surface area (Å²) in [4.78, 5) is 2.71. The van der Waals surface area contributed by atoms with Gasteiger partial charge in [-0.05, 0) is 50.5 Å². The normalized spacial score (nSPS) is 29.3. The molecular weight excluding hydrogens is 208 g/mol. The molecule has 1 heterocycles. The number of nitrogens with zero attached hydrogens (tertiary/aromatic N) is 1. The van der Waals surface area contributed by atoms with E-state index in [2.05, 4.69) is 18.7 Å². The van der Waals surface area contributed by atoms with Gasteiger partial charge in [0.15, 0.2) is 0 Å². The van der Waals surface area contributed by atoms with Crippen molar-refractivity contribution in [3.05, 3.63) is 0 Å². The van der Waals surface area contributed by atoms with Crippen LogP contribution < -0.4 is 5.73 Å². The molecule has 1 saturated heterocycles. The summed E-state index contributed by atoms with van der Waals surface area (Å²) < 4.78 is 0. The van der Waals surface area contributed by atoms with Crippen molar-refractivity contribution >= 4 is 0 Å². The molecule has 0 bridgehead atoms. The SMILES string of the molecule is CC(C)C[C@@H](N)CN1CCCC1C1CCCC1. The minimum Gasteiger partial charge on any atom is -0.327 e. The van der Waals surface area contributed by atoms with Crippen molar-refractivity contribution in [2.24, 2.45) is 17.6 Å². The molecule has 0 aromatic heterocycles. The third-order valence-corrected chi connectivity index (χ3v) is 4.60. The van der Waals surface area contributed by atoms with E-state index in [1.165, 1.54) is 51.5 Å². The molecular formula is C15H30N2. The Morgan fingerprint density at radius 2 is 1.82 bits per heavy atom. The van der Waals surface area contributed by atoms with Crippen LogP contribution in [-0.4, -0.2) is 30.1 Å². The fourth-order valence-electron chi connectivity index (χ4n) is 3.94. The van der Waals surface area contributed by atoms with E-state index in [0.29, 0.717) is 6.04 Å². The van der Waals surface area contributed by atoms with Crippen molar-refractivity contribution in [1.29, 1.82) is 0 Å². The van der Waals surface area contributed by atoms with E-state index in [4.69, 9.17) is 5.73 Å². The molecule has 2 N–H and O–H groups in total. The Bertz CT molecular complexity index is 221. The predicted molar refractivity (Wildman–Crippen MR) is 74.0 cm³/mol. The minimum absolute atomic E-state index is 0.386. The van der Waals surface area contributed by atoms with Gasteiger partial charge in [0.05, 0.1) is 0 Å². The zero-order valence-electron chi connectivity index (χ0n) is 11.7. The van der Waals surface area contributed by atoms with Crippen molar-refractivity contribution < 1.29 is 0 Å². The van der Waals surface area contributed by atoms with Crippen LogP contribution in [0.1, 0.15) is 58.8 Å². The molecule has 2 aliphatic rings. The molecule has 0 aromatic rings. The van der Waals surface area contributed by atoms with Crippen LogP contribution in [0, 0.1) is 11.8 Å². The maximum absolute atomic E-state index is 6.27. The van der Waals surface area contributed by atoms with Gasteiger partial charge >= 0.3 is 0 Å². The molecule has 2 nitrogen and oxygen atoms in total. The molecule has 2 heteroatoms. The first kappa shape index (κ1) is 13.4. The Morgan fingerprint density at radius 1 is 1.12 bits per heavy atom. The number of hydrogen-bond acceptors (Lipinski definition) is 2. The summed E-state index contributed by atoms with van der Waals surface area (Å²) >= 11 is 0. The average Bonchev–Trinajstić information content (AvgIpc) is 2.84. The lowest BCUT2D eigenvalue weighted by Crippen LogP contribution is -2.43. The van der Waals surface area contributed by atoms with E-state index in [1.54, 1.807) is 0 Å². The Labute approximate surface area is 107 Å². The van der Waals surface area contributed by atoms with E-state index in [-0.39, 0.29) is 0 Å². The van der Waals surface area contributed by atoms with Gasteiger partial charge < -0.3 is 5.73 Å². The highest BCUT2D eigenvalue weighted by molar-refractivity contribution is 4.89. The van der Waals surface area contributed by atoms with Gasteiger partial charge in [-0.15, -0.1) is 0 Å². The van der Waals surface area contributed by atoms with Gasteiger partial charge in [0.25, 0.3) is 0 Å². The van der Waals surface area contributed by atoms with Crippen LogP contribution >= 0.6 is 0 Å². The average molecular weight is 238 g/mol. The molecule has 2 fully saturated rings. The fraction of sp³-hybridized carbons (Fsp3) is 1.00. The van der Waals surface area contributed by atoms with E-state index in [0.717, 1.165) is 24.4 Å². The molecule has 1 saturated carbocycles. The van der Waals surface area contributed by atoms with Crippen LogP contribution in [0.3, 0.4) is 0 Å². The number of nitrogens with two attached hydrogens (primary N) is 1. The molecule has 2 rings (SSSR count). The lowest BCUT2D eigenvalue weighted by atomic mass is 9.95. The first-order chi connectivity index (χ1) is 8.16.